The molecule has 0 amide bonds. The molecule has 0 heterocycles. The molecule has 2 N–H and O–H groups in total. The third-order valence-corrected chi connectivity index (χ3v) is 3.03. The molecule has 1 fully saturated rings. The molecule has 1 saturated carbocycles. The molecule has 1 aliphatic carbocycles. The van der Waals surface area contributed by atoms with E-state index < -0.39 is 0 Å². The number of benzene rings is 1. The summed E-state index contributed by atoms with van der Waals surface area (Å²) in [6, 6.07) is 8.89. The average molecular weight is 205 g/mol. The molecule has 2 rings (SSSR count). The van der Waals surface area contributed by atoms with Gasteiger partial charge in [0.1, 0.15) is 5.75 Å². The smallest absolute Gasteiger partial charge is 0.119 e. The Hall–Kier alpha value is -1.02. The summed E-state index contributed by atoms with van der Waals surface area (Å²) in [6.07, 6.45) is 3.54. The van der Waals surface area contributed by atoms with Gasteiger partial charge in [-0.3, -0.25) is 0 Å². The standard InChI is InChI=1S/C13H19NO/c1-2-15-13-5-3-10(4-6-13)7-11-8-12(14)9-11/h3-6,11-12H,2,7-9,14H2,1H3. The van der Waals surface area contributed by atoms with Crippen LogP contribution in [0.1, 0.15) is 25.3 Å². The minimum Gasteiger partial charge on any atom is -0.494 e. The predicted octanol–water partition coefficient (Wildman–Crippen LogP) is 2.37. The molecule has 0 aliphatic heterocycles. The first-order valence-corrected chi connectivity index (χ1v) is 5.75. The van der Waals surface area contributed by atoms with Crippen molar-refractivity contribution in [3.63, 3.8) is 0 Å². The maximum absolute atomic E-state index is 5.77. The number of nitrogens with two attached hydrogens (primary N) is 1. The minimum atomic E-state index is 0.456. The molecule has 0 unspecified atom stereocenters. The van der Waals surface area contributed by atoms with E-state index in [1.165, 1.54) is 24.8 Å². The highest BCUT2D eigenvalue weighted by Gasteiger charge is 2.25. The molecular formula is C13H19NO. The van der Waals surface area contributed by atoms with Crippen LogP contribution in [-0.2, 0) is 6.42 Å². The van der Waals surface area contributed by atoms with Crippen LogP contribution in [0.5, 0.6) is 5.75 Å². The molecule has 82 valence electrons. The summed E-state index contributed by atoms with van der Waals surface area (Å²) < 4.78 is 5.40. The third kappa shape index (κ3) is 2.72. The molecule has 0 saturated heterocycles. The van der Waals surface area contributed by atoms with E-state index >= 15 is 0 Å². The third-order valence-electron chi connectivity index (χ3n) is 3.03. The zero-order chi connectivity index (χ0) is 10.7. The maximum Gasteiger partial charge on any atom is 0.119 e. The fourth-order valence-electron chi connectivity index (χ4n) is 2.18. The van der Waals surface area contributed by atoms with Gasteiger partial charge in [-0.15, -0.1) is 0 Å². The highest BCUT2D eigenvalue weighted by atomic mass is 16.5. The zero-order valence-electron chi connectivity index (χ0n) is 9.28. The summed E-state index contributed by atoms with van der Waals surface area (Å²) in [5.41, 5.74) is 7.16. The first-order chi connectivity index (χ1) is 7.28. The van der Waals surface area contributed by atoms with Gasteiger partial charge < -0.3 is 10.5 Å². The lowest BCUT2D eigenvalue weighted by Gasteiger charge is -2.32. The highest BCUT2D eigenvalue weighted by Crippen LogP contribution is 2.29. The van der Waals surface area contributed by atoms with Crippen LogP contribution in [-0.4, -0.2) is 12.6 Å². The Balaban J connectivity index is 1.87. The van der Waals surface area contributed by atoms with Gasteiger partial charge in [0.05, 0.1) is 6.61 Å². The van der Waals surface area contributed by atoms with Crippen LogP contribution in [0.15, 0.2) is 24.3 Å². The molecule has 0 radical (unpaired) electrons. The molecule has 2 heteroatoms. The van der Waals surface area contributed by atoms with E-state index in [2.05, 4.69) is 24.3 Å². The van der Waals surface area contributed by atoms with Crippen molar-refractivity contribution >= 4 is 0 Å². The van der Waals surface area contributed by atoms with E-state index in [1.54, 1.807) is 0 Å². The van der Waals surface area contributed by atoms with Gasteiger partial charge in [-0.2, -0.15) is 0 Å². The summed E-state index contributed by atoms with van der Waals surface area (Å²) in [5.74, 6) is 1.77. The first kappa shape index (κ1) is 10.5. The summed E-state index contributed by atoms with van der Waals surface area (Å²) in [5, 5.41) is 0. The molecule has 2 nitrogen and oxygen atoms in total. The van der Waals surface area contributed by atoms with Gasteiger partial charge in [0, 0.05) is 6.04 Å². The highest BCUT2D eigenvalue weighted by molar-refractivity contribution is 5.27. The Morgan fingerprint density at radius 2 is 1.93 bits per heavy atom. The SMILES string of the molecule is CCOc1ccc(CC2CC(N)C2)cc1. The molecule has 0 bridgehead atoms. The number of rotatable bonds is 4. The van der Waals surface area contributed by atoms with Gasteiger partial charge in [0.2, 0.25) is 0 Å². The molecular weight excluding hydrogens is 186 g/mol. The van der Waals surface area contributed by atoms with Gasteiger partial charge in [0.15, 0.2) is 0 Å². The monoisotopic (exact) mass is 205 g/mol. The van der Waals surface area contributed by atoms with Crippen molar-refractivity contribution in [2.75, 3.05) is 6.61 Å². The van der Waals surface area contributed by atoms with Crippen molar-refractivity contribution in [2.45, 2.75) is 32.2 Å². The quantitative estimate of drug-likeness (QED) is 0.819. The molecule has 1 aromatic carbocycles. The Labute approximate surface area is 91.4 Å². The van der Waals surface area contributed by atoms with Crippen molar-refractivity contribution in [3.8, 4) is 5.75 Å². The molecule has 0 atom stereocenters. The van der Waals surface area contributed by atoms with Gasteiger partial charge in [0.25, 0.3) is 0 Å². The number of hydrogen-bond donors (Lipinski definition) is 1. The molecule has 15 heavy (non-hydrogen) atoms. The van der Waals surface area contributed by atoms with E-state index in [0.717, 1.165) is 18.3 Å². The minimum absolute atomic E-state index is 0.456. The van der Waals surface area contributed by atoms with E-state index in [4.69, 9.17) is 10.5 Å². The van der Waals surface area contributed by atoms with E-state index in [-0.39, 0.29) is 0 Å². The number of ether oxygens (including phenoxy) is 1. The predicted molar refractivity (Wildman–Crippen MR) is 62.0 cm³/mol. The Morgan fingerprint density at radius 1 is 1.27 bits per heavy atom. The zero-order valence-corrected chi connectivity index (χ0v) is 9.28. The fourth-order valence-corrected chi connectivity index (χ4v) is 2.18. The second kappa shape index (κ2) is 4.67. The van der Waals surface area contributed by atoms with Crippen molar-refractivity contribution in [2.24, 2.45) is 11.7 Å². The van der Waals surface area contributed by atoms with Crippen molar-refractivity contribution < 1.29 is 4.74 Å². The Morgan fingerprint density at radius 3 is 2.47 bits per heavy atom. The van der Waals surface area contributed by atoms with Crippen LogP contribution < -0.4 is 10.5 Å². The molecule has 0 spiro atoms. The van der Waals surface area contributed by atoms with E-state index in [9.17, 15) is 0 Å². The summed E-state index contributed by atoms with van der Waals surface area (Å²) in [4.78, 5) is 0. The van der Waals surface area contributed by atoms with Crippen molar-refractivity contribution in [1.29, 1.82) is 0 Å². The van der Waals surface area contributed by atoms with Gasteiger partial charge in [-0.05, 0) is 49.8 Å². The van der Waals surface area contributed by atoms with Crippen LogP contribution in [0.25, 0.3) is 0 Å². The van der Waals surface area contributed by atoms with Gasteiger partial charge in [-0.1, -0.05) is 12.1 Å². The molecule has 1 aromatic rings. The Kier molecular flexibility index (Phi) is 3.27. The van der Waals surface area contributed by atoms with E-state index in [1.807, 2.05) is 6.92 Å². The average Bonchev–Trinajstić information content (AvgIpc) is 2.19. The fraction of sp³-hybridized carbons (Fsp3) is 0.538. The second-order valence-electron chi connectivity index (χ2n) is 4.38. The summed E-state index contributed by atoms with van der Waals surface area (Å²) in [7, 11) is 0. The summed E-state index contributed by atoms with van der Waals surface area (Å²) >= 11 is 0. The topological polar surface area (TPSA) is 35.2 Å². The molecule has 1 aliphatic rings. The lowest BCUT2D eigenvalue weighted by Crippen LogP contribution is -2.37. The Bertz CT molecular complexity index is 301. The summed E-state index contributed by atoms with van der Waals surface area (Å²) in [6.45, 7) is 2.74. The second-order valence-corrected chi connectivity index (χ2v) is 4.38. The van der Waals surface area contributed by atoms with Crippen LogP contribution >= 0.6 is 0 Å². The van der Waals surface area contributed by atoms with Crippen molar-refractivity contribution in [1.82, 2.24) is 0 Å². The van der Waals surface area contributed by atoms with Crippen molar-refractivity contribution in [3.05, 3.63) is 29.8 Å². The van der Waals surface area contributed by atoms with Gasteiger partial charge in [-0.25, -0.2) is 0 Å². The van der Waals surface area contributed by atoms with Crippen LogP contribution in [0.4, 0.5) is 0 Å². The lowest BCUT2D eigenvalue weighted by molar-refractivity contribution is 0.264. The normalized spacial score (nSPS) is 24.7. The van der Waals surface area contributed by atoms with Crippen LogP contribution in [0, 0.1) is 5.92 Å². The van der Waals surface area contributed by atoms with Crippen LogP contribution in [0.2, 0.25) is 0 Å². The first-order valence-electron chi connectivity index (χ1n) is 5.75. The molecule has 0 aromatic heterocycles. The van der Waals surface area contributed by atoms with Gasteiger partial charge >= 0.3 is 0 Å². The lowest BCUT2D eigenvalue weighted by atomic mass is 9.77. The maximum atomic E-state index is 5.77. The van der Waals surface area contributed by atoms with E-state index in [0.29, 0.717) is 6.04 Å². The number of hydrogen-bond acceptors (Lipinski definition) is 2. The largest absolute Gasteiger partial charge is 0.494 e. The van der Waals surface area contributed by atoms with Crippen LogP contribution in [0.3, 0.4) is 0 Å².